The maximum absolute atomic E-state index is 11.7. The number of pyridine rings is 1. The van der Waals surface area contributed by atoms with Gasteiger partial charge in [-0.25, -0.2) is 15.0 Å². The summed E-state index contributed by atoms with van der Waals surface area (Å²) in [5.41, 5.74) is 7.46. The van der Waals surface area contributed by atoms with Crippen molar-refractivity contribution < 1.29 is 9.59 Å². The van der Waals surface area contributed by atoms with Gasteiger partial charge in [0.15, 0.2) is 5.82 Å². The highest BCUT2D eigenvalue weighted by Gasteiger charge is 2.15. The normalized spacial score (nSPS) is 10.3. The summed E-state index contributed by atoms with van der Waals surface area (Å²) in [5, 5.41) is 2.58. The lowest BCUT2D eigenvalue weighted by Crippen LogP contribution is -2.14. The quantitative estimate of drug-likeness (QED) is 0.761. The van der Waals surface area contributed by atoms with Crippen molar-refractivity contribution in [2.24, 2.45) is 5.73 Å². The Kier molecular flexibility index (Phi) is 4.47. The van der Waals surface area contributed by atoms with Gasteiger partial charge in [-0.1, -0.05) is 30.3 Å². The second-order valence-electron chi connectivity index (χ2n) is 5.30. The molecule has 0 atom stereocenters. The Bertz CT molecular complexity index is 924. The number of aromatic nitrogens is 3. The molecule has 0 radical (unpaired) electrons. The average molecular weight is 333 g/mol. The maximum atomic E-state index is 11.7. The maximum Gasteiger partial charge on any atom is 0.252 e. The van der Waals surface area contributed by atoms with Gasteiger partial charge in [0.1, 0.15) is 5.82 Å². The van der Waals surface area contributed by atoms with Crippen LogP contribution in [-0.4, -0.2) is 26.8 Å². The van der Waals surface area contributed by atoms with Gasteiger partial charge in [-0.3, -0.25) is 9.59 Å². The number of nitrogens with zero attached hydrogens (tertiary/aromatic N) is 3. The first kappa shape index (κ1) is 16.3. The minimum Gasteiger partial charge on any atom is -0.365 e. The molecule has 0 spiro atoms. The summed E-state index contributed by atoms with van der Waals surface area (Å²) in [4.78, 5) is 35.7. The molecule has 0 saturated carbocycles. The largest absolute Gasteiger partial charge is 0.365 e. The molecule has 3 rings (SSSR count). The van der Waals surface area contributed by atoms with Crippen LogP contribution < -0.4 is 11.1 Å². The molecule has 7 heteroatoms. The highest BCUT2D eigenvalue weighted by atomic mass is 16.1. The molecule has 3 aromatic rings. The molecule has 25 heavy (non-hydrogen) atoms. The Balaban J connectivity index is 2.06. The summed E-state index contributed by atoms with van der Waals surface area (Å²) in [6.07, 6.45) is 2.93. The van der Waals surface area contributed by atoms with Crippen molar-refractivity contribution in [1.82, 2.24) is 15.0 Å². The summed E-state index contributed by atoms with van der Waals surface area (Å²) in [5.74, 6) is 0.0489. The molecular weight excluding hydrogens is 318 g/mol. The molecule has 0 aliphatic heterocycles. The van der Waals surface area contributed by atoms with Crippen LogP contribution in [0, 0.1) is 0 Å². The van der Waals surface area contributed by atoms with Gasteiger partial charge in [0.05, 0.1) is 11.3 Å². The number of carbonyl (C=O) groups excluding carboxylic acids is 2. The molecule has 7 nitrogen and oxygen atoms in total. The first-order chi connectivity index (χ1) is 12.0. The number of nitrogens with two attached hydrogens (primary N) is 1. The summed E-state index contributed by atoms with van der Waals surface area (Å²) >= 11 is 0. The third-order valence-electron chi connectivity index (χ3n) is 3.43. The number of benzene rings is 1. The highest BCUT2D eigenvalue weighted by Crippen LogP contribution is 2.24. The van der Waals surface area contributed by atoms with Gasteiger partial charge in [0.2, 0.25) is 5.91 Å². The predicted molar refractivity (Wildman–Crippen MR) is 93.5 cm³/mol. The van der Waals surface area contributed by atoms with E-state index in [1.165, 1.54) is 19.3 Å². The number of hydrogen-bond acceptors (Lipinski definition) is 5. The van der Waals surface area contributed by atoms with Crippen LogP contribution in [0.4, 0.5) is 5.82 Å². The number of nitrogens with one attached hydrogen (secondary N) is 1. The number of carbonyl (C=O) groups is 2. The second kappa shape index (κ2) is 6.88. The van der Waals surface area contributed by atoms with E-state index < -0.39 is 5.91 Å². The molecule has 124 valence electrons. The van der Waals surface area contributed by atoms with Crippen molar-refractivity contribution in [3.8, 4) is 22.6 Å². The van der Waals surface area contributed by atoms with Crippen LogP contribution in [0.1, 0.15) is 17.3 Å². The third kappa shape index (κ3) is 3.66. The summed E-state index contributed by atoms with van der Waals surface area (Å²) < 4.78 is 0. The van der Waals surface area contributed by atoms with E-state index in [9.17, 15) is 9.59 Å². The van der Waals surface area contributed by atoms with E-state index in [1.807, 2.05) is 30.3 Å². The summed E-state index contributed by atoms with van der Waals surface area (Å²) in [6.45, 7) is 1.40. The van der Waals surface area contributed by atoms with Gasteiger partial charge < -0.3 is 11.1 Å². The van der Waals surface area contributed by atoms with E-state index in [1.54, 1.807) is 12.1 Å². The Hall–Kier alpha value is -3.61. The average Bonchev–Trinajstić information content (AvgIpc) is 2.62. The van der Waals surface area contributed by atoms with Crippen molar-refractivity contribution in [1.29, 1.82) is 0 Å². The van der Waals surface area contributed by atoms with E-state index in [2.05, 4.69) is 20.3 Å². The van der Waals surface area contributed by atoms with Gasteiger partial charge in [-0.15, -0.1) is 0 Å². The van der Waals surface area contributed by atoms with Gasteiger partial charge in [0.25, 0.3) is 5.91 Å². The van der Waals surface area contributed by atoms with E-state index >= 15 is 0 Å². The van der Waals surface area contributed by atoms with Gasteiger partial charge in [-0.2, -0.15) is 0 Å². The van der Waals surface area contributed by atoms with Crippen LogP contribution in [-0.2, 0) is 4.79 Å². The SMILES string of the molecule is CC(=O)Nc1ccc(-c2nc(-c3ccccc3)ncc2C(N)=O)cn1. The number of rotatable bonds is 4. The molecule has 0 bridgehead atoms. The molecule has 2 amide bonds. The number of anilines is 1. The molecule has 0 fully saturated rings. The van der Waals surface area contributed by atoms with Crippen molar-refractivity contribution in [2.75, 3.05) is 5.32 Å². The Labute approximate surface area is 144 Å². The minimum atomic E-state index is -0.624. The molecule has 1 aromatic carbocycles. The zero-order valence-corrected chi connectivity index (χ0v) is 13.4. The fraction of sp³-hybridized carbons (Fsp3) is 0.0556. The monoisotopic (exact) mass is 333 g/mol. The number of amides is 2. The lowest BCUT2D eigenvalue weighted by atomic mass is 10.1. The van der Waals surface area contributed by atoms with E-state index in [0.29, 0.717) is 22.9 Å². The molecule has 0 unspecified atom stereocenters. The van der Waals surface area contributed by atoms with Gasteiger partial charge in [0, 0.05) is 30.4 Å². The predicted octanol–water partition coefficient (Wildman–Crippen LogP) is 2.26. The molecule has 3 N–H and O–H groups in total. The summed E-state index contributed by atoms with van der Waals surface area (Å²) in [7, 11) is 0. The fourth-order valence-corrected chi connectivity index (χ4v) is 2.30. The summed E-state index contributed by atoms with van der Waals surface area (Å²) in [6, 6.07) is 12.7. The van der Waals surface area contributed by atoms with Crippen LogP contribution in [0.5, 0.6) is 0 Å². The highest BCUT2D eigenvalue weighted by molar-refractivity contribution is 5.98. The third-order valence-corrected chi connectivity index (χ3v) is 3.43. The van der Waals surface area contributed by atoms with E-state index in [4.69, 9.17) is 5.73 Å². The van der Waals surface area contributed by atoms with Crippen molar-refractivity contribution >= 4 is 17.6 Å². The Morgan fingerprint density at radius 3 is 2.32 bits per heavy atom. The van der Waals surface area contributed by atoms with Crippen LogP contribution in [0.2, 0.25) is 0 Å². The smallest absolute Gasteiger partial charge is 0.252 e. The molecule has 0 aliphatic carbocycles. The first-order valence-electron chi connectivity index (χ1n) is 7.51. The molecule has 0 aliphatic rings. The number of hydrogen-bond donors (Lipinski definition) is 2. The zero-order valence-electron chi connectivity index (χ0n) is 13.4. The fourth-order valence-electron chi connectivity index (χ4n) is 2.30. The minimum absolute atomic E-state index is 0.203. The van der Waals surface area contributed by atoms with Crippen LogP contribution >= 0.6 is 0 Å². The van der Waals surface area contributed by atoms with Gasteiger partial charge >= 0.3 is 0 Å². The standard InChI is InChI=1S/C18H15N5O2/c1-11(24)22-15-8-7-13(9-20-15)16-14(17(19)25)10-21-18(23-16)12-5-3-2-4-6-12/h2-10H,1H3,(H2,19,25)(H,20,22,24). The first-order valence-corrected chi connectivity index (χ1v) is 7.51. The lowest BCUT2D eigenvalue weighted by molar-refractivity contribution is -0.114. The Morgan fingerprint density at radius 1 is 0.960 bits per heavy atom. The molecule has 0 saturated heterocycles. The molecule has 2 heterocycles. The van der Waals surface area contributed by atoms with Crippen LogP contribution in [0.3, 0.4) is 0 Å². The van der Waals surface area contributed by atoms with E-state index in [0.717, 1.165) is 5.56 Å². The van der Waals surface area contributed by atoms with Crippen molar-refractivity contribution in [3.05, 3.63) is 60.4 Å². The van der Waals surface area contributed by atoms with Crippen molar-refractivity contribution in [3.63, 3.8) is 0 Å². The second-order valence-corrected chi connectivity index (χ2v) is 5.30. The Morgan fingerprint density at radius 2 is 1.72 bits per heavy atom. The van der Waals surface area contributed by atoms with Crippen LogP contribution in [0.15, 0.2) is 54.9 Å². The van der Waals surface area contributed by atoms with Gasteiger partial charge in [-0.05, 0) is 12.1 Å². The topological polar surface area (TPSA) is 111 Å². The molecular formula is C18H15N5O2. The lowest BCUT2D eigenvalue weighted by Gasteiger charge is -2.09. The zero-order chi connectivity index (χ0) is 17.8. The number of primary amides is 1. The van der Waals surface area contributed by atoms with Crippen LogP contribution in [0.25, 0.3) is 22.6 Å². The van der Waals surface area contributed by atoms with Crippen molar-refractivity contribution in [2.45, 2.75) is 6.92 Å². The van der Waals surface area contributed by atoms with E-state index in [-0.39, 0.29) is 11.5 Å². The molecule has 2 aromatic heterocycles.